The van der Waals surface area contributed by atoms with Gasteiger partial charge in [-0.2, -0.15) is 0 Å². The molecule has 1 heterocycles. The Balaban J connectivity index is 1.85. The maximum Gasteiger partial charge on any atom is 0.0727 e. The number of anilines is 2. The molecule has 0 saturated heterocycles. The van der Waals surface area contributed by atoms with Gasteiger partial charge in [0.15, 0.2) is 0 Å². The molecule has 0 unspecified atom stereocenters. The third-order valence-electron chi connectivity index (χ3n) is 4.61. The number of nitrogens with one attached hydrogen (secondary N) is 1. The molecule has 0 fully saturated rings. The number of benzene rings is 2. The summed E-state index contributed by atoms with van der Waals surface area (Å²) in [6.45, 7) is 2.17. The number of fused-ring (bicyclic) bond motifs is 2. The van der Waals surface area contributed by atoms with Gasteiger partial charge in [-0.3, -0.25) is 4.98 Å². The molecule has 1 aliphatic carbocycles. The highest BCUT2D eigenvalue weighted by atomic mass is 35.5. The molecule has 0 saturated carbocycles. The Labute approximate surface area is 141 Å². The molecule has 3 heteroatoms. The molecule has 0 aliphatic heterocycles. The van der Waals surface area contributed by atoms with Gasteiger partial charge in [0.1, 0.15) is 0 Å². The number of nitrogens with zero attached hydrogens (tertiary/aromatic N) is 1. The molecule has 0 atom stereocenters. The van der Waals surface area contributed by atoms with Crippen molar-refractivity contribution in [2.45, 2.75) is 32.6 Å². The summed E-state index contributed by atoms with van der Waals surface area (Å²) in [7, 11) is 0. The topological polar surface area (TPSA) is 24.9 Å². The SMILES string of the molecule is CCc1ccc(Nc2c3c(nc4ccc(Cl)cc24)CCC3)cc1. The van der Waals surface area contributed by atoms with Crippen LogP contribution >= 0.6 is 11.6 Å². The van der Waals surface area contributed by atoms with Gasteiger partial charge in [0.05, 0.1) is 11.2 Å². The van der Waals surface area contributed by atoms with E-state index in [0.717, 1.165) is 40.9 Å². The van der Waals surface area contributed by atoms with Gasteiger partial charge >= 0.3 is 0 Å². The van der Waals surface area contributed by atoms with Gasteiger partial charge in [0.25, 0.3) is 0 Å². The normalized spacial score (nSPS) is 13.3. The van der Waals surface area contributed by atoms with E-state index in [2.05, 4.69) is 36.5 Å². The second-order valence-corrected chi connectivity index (χ2v) is 6.54. The van der Waals surface area contributed by atoms with Crippen molar-refractivity contribution >= 4 is 33.9 Å². The number of aromatic nitrogens is 1. The first-order valence-corrected chi connectivity index (χ1v) is 8.59. The molecular formula is C20H19ClN2. The van der Waals surface area contributed by atoms with Crippen molar-refractivity contribution in [2.75, 3.05) is 5.32 Å². The first-order chi connectivity index (χ1) is 11.2. The van der Waals surface area contributed by atoms with Crippen molar-refractivity contribution in [1.29, 1.82) is 0 Å². The van der Waals surface area contributed by atoms with Crippen molar-refractivity contribution in [2.24, 2.45) is 0 Å². The summed E-state index contributed by atoms with van der Waals surface area (Å²) < 4.78 is 0. The van der Waals surface area contributed by atoms with Gasteiger partial charge in [-0.15, -0.1) is 0 Å². The molecule has 0 radical (unpaired) electrons. The lowest BCUT2D eigenvalue weighted by Gasteiger charge is -2.15. The van der Waals surface area contributed by atoms with Gasteiger partial charge in [0.2, 0.25) is 0 Å². The van der Waals surface area contributed by atoms with E-state index in [-0.39, 0.29) is 0 Å². The van der Waals surface area contributed by atoms with Crippen molar-refractivity contribution in [3.8, 4) is 0 Å². The standard InChI is InChI=1S/C20H19ClN2/c1-2-13-6-9-15(10-7-13)22-20-16-4-3-5-18(16)23-19-11-8-14(21)12-17(19)20/h6-12H,2-5H2,1H3,(H,22,23). The molecule has 4 rings (SSSR count). The van der Waals surface area contributed by atoms with E-state index in [4.69, 9.17) is 16.6 Å². The van der Waals surface area contributed by atoms with E-state index < -0.39 is 0 Å². The number of hydrogen-bond donors (Lipinski definition) is 1. The zero-order chi connectivity index (χ0) is 15.8. The summed E-state index contributed by atoms with van der Waals surface area (Å²) in [5.41, 5.74) is 7.23. The van der Waals surface area contributed by atoms with Crippen molar-refractivity contribution in [1.82, 2.24) is 4.98 Å². The van der Waals surface area contributed by atoms with Crippen LogP contribution in [0.3, 0.4) is 0 Å². The minimum absolute atomic E-state index is 0.752. The lowest BCUT2D eigenvalue weighted by Crippen LogP contribution is -2.00. The smallest absolute Gasteiger partial charge is 0.0727 e. The first kappa shape index (κ1) is 14.5. The highest BCUT2D eigenvalue weighted by Crippen LogP contribution is 2.36. The van der Waals surface area contributed by atoms with Gasteiger partial charge in [-0.05, 0) is 67.1 Å². The fraction of sp³-hybridized carbons (Fsp3) is 0.250. The van der Waals surface area contributed by atoms with E-state index in [1.165, 1.54) is 28.9 Å². The van der Waals surface area contributed by atoms with Crippen LogP contribution in [0.1, 0.15) is 30.2 Å². The molecule has 0 amide bonds. The van der Waals surface area contributed by atoms with Crippen LogP contribution in [0, 0.1) is 0 Å². The minimum Gasteiger partial charge on any atom is -0.355 e. The van der Waals surface area contributed by atoms with Crippen molar-refractivity contribution < 1.29 is 0 Å². The average molecular weight is 323 g/mol. The lowest BCUT2D eigenvalue weighted by atomic mass is 10.1. The van der Waals surface area contributed by atoms with Crippen molar-refractivity contribution in [3.05, 3.63) is 64.3 Å². The van der Waals surface area contributed by atoms with Gasteiger partial charge in [-0.25, -0.2) is 0 Å². The second kappa shape index (κ2) is 5.86. The molecule has 1 N–H and O–H groups in total. The number of halogens is 1. The van der Waals surface area contributed by atoms with Crippen LogP contribution in [0.5, 0.6) is 0 Å². The van der Waals surface area contributed by atoms with Crippen LogP contribution in [0.4, 0.5) is 11.4 Å². The van der Waals surface area contributed by atoms with Crippen LogP contribution in [0.25, 0.3) is 10.9 Å². The zero-order valence-electron chi connectivity index (χ0n) is 13.2. The van der Waals surface area contributed by atoms with Crippen LogP contribution in [0.2, 0.25) is 5.02 Å². The molecule has 2 aromatic carbocycles. The predicted octanol–water partition coefficient (Wildman–Crippen LogP) is 5.68. The zero-order valence-corrected chi connectivity index (χ0v) is 14.0. The molecule has 116 valence electrons. The van der Waals surface area contributed by atoms with E-state index in [9.17, 15) is 0 Å². The Morgan fingerprint density at radius 2 is 1.91 bits per heavy atom. The number of rotatable bonds is 3. The van der Waals surface area contributed by atoms with Gasteiger partial charge < -0.3 is 5.32 Å². The summed E-state index contributed by atoms with van der Waals surface area (Å²) in [6.07, 6.45) is 4.39. The van der Waals surface area contributed by atoms with Crippen LogP contribution < -0.4 is 5.32 Å². The minimum atomic E-state index is 0.752. The first-order valence-electron chi connectivity index (χ1n) is 8.21. The van der Waals surface area contributed by atoms with Crippen LogP contribution in [-0.2, 0) is 19.3 Å². The molecule has 23 heavy (non-hydrogen) atoms. The summed E-state index contributed by atoms with van der Waals surface area (Å²) in [5, 5.41) is 5.49. The third-order valence-corrected chi connectivity index (χ3v) is 4.84. The molecule has 1 aromatic heterocycles. The Morgan fingerprint density at radius 1 is 1.09 bits per heavy atom. The van der Waals surface area contributed by atoms with Gasteiger partial charge in [0, 0.05) is 21.8 Å². The summed E-state index contributed by atoms with van der Waals surface area (Å²) in [6, 6.07) is 14.6. The largest absolute Gasteiger partial charge is 0.355 e. The second-order valence-electron chi connectivity index (χ2n) is 6.10. The van der Waals surface area contributed by atoms with Crippen molar-refractivity contribution in [3.63, 3.8) is 0 Å². The Morgan fingerprint density at radius 3 is 2.70 bits per heavy atom. The maximum absolute atomic E-state index is 6.23. The maximum atomic E-state index is 6.23. The van der Waals surface area contributed by atoms with Crippen LogP contribution in [-0.4, -0.2) is 4.98 Å². The molecule has 2 nitrogen and oxygen atoms in total. The number of pyridine rings is 1. The van der Waals surface area contributed by atoms with E-state index in [0.29, 0.717) is 0 Å². The predicted molar refractivity (Wildman–Crippen MR) is 97.9 cm³/mol. The quantitative estimate of drug-likeness (QED) is 0.670. The monoisotopic (exact) mass is 322 g/mol. The Hall–Kier alpha value is -2.06. The third kappa shape index (κ3) is 2.68. The summed E-state index contributed by atoms with van der Waals surface area (Å²) in [4.78, 5) is 4.83. The van der Waals surface area contributed by atoms with E-state index in [1.807, 2.05) is 18.2 Å². The fourth-order valence-electron chi connectivity index (χ4n) is 3.35. The number of aryl methyl sites for hydroxylation is 2. The van der Waals surface area contributed by atoms with Gasteiger partial charge in [-0.1, -0.05) is 30.7 Å². The average Bonchev–Trinajstić information content (AvgIpc) is 3.04. The lowest BCUT2D eigenvalue weighted by molar-refractivity contribution is 0.901. The van der Waals surface area contributed by atoms with E-state index >= 15 is 0 Å². The highest BCUT2D eigenvalue weighted by Gasteiger charge is 2.19. The molecule has 1 aliphatic rings. The Bertz CT molecular complexity index is 869. The number of hydrogen-bond acceptors (Lipinski definition) is 2. The fourth-order valence-corrected chi connectivity index (χ4v) is 3.52. The Kier molecular flexibility index (Phi) is 3.70. The highest BCUT2D eigenvalue weighted by molar-refractivity contribution is 6.31. The summed E-state index contributed by atoms with van der Waals surface area (Å²) in [5.74, 6) is 0. The van der Waals surface area contributed by atoms with Crippen LogP contribution in [0.15, 0.2) is 42.5 Å². The summed E-state index contributed by atoms with van der Waals surface area (Å²) >= 11 is 6.23. The van der Waals surface area contributed by atoms with E-state index in [1.54, 1.807) is 0 Å². The molecular weight excluding hydrogens is 304 g/mol. The molecule has 3 aromatic rings. The molecule has 0 spiro atoms. The molecule has 0 bridgehead atoms.